The van der Waals surface area contributed by atoms with Gasteiger partial charge in [-0.15, -0.1) is 11.3 Å². The Balaban J connectivity index is 2.45. The average molecular weight is 285 g/mol. The fourth-order valence-electron chi connectivity index (χ4n) is 1.75. The van der Waals surface area contributed by atoms with Crippen LogP contribution in [0.1, 0.15) is 30.0 Å². The molecule has 0 spiro atoms. The van der Waals surface area contributed by atoms with Crippen molar-refractivity contribution in [3.8, 4) is 0 Å². The molecule has 0 radical (unpaired) electrons. The molecule has 1 rings (SSSR count). The minimum Gasteiger partial charge on any atom is -0.357 e. The quantitative estimate of drug-likeness (QED) is 0.459. The van der Waals surface area contributed by atoms with E-state index in [1.807, 2.05) is 18.3 Å². The first kappa shape index (κ1) is 16.0. The molecule has 3 nitrogen and oxygen atoms in total. The van der Waals surface area contributed by atoms with Gasteiger partial charge in [0.25, 0.3) is 0 Å². The number of alkyl halides is 1. The van der Waals surface area contributed by atoms with Crippen molar-refractivity contribution >= 4 is 17.3 Å². The minimum absolute atomic E-state index is 0.307. The van der Waals surface area contributed by atoms with Crippen LogP contribution in [0, 0.1) is 6.92 Å². The van der Waals surface area contributed by atoms with Crippen LogP contribution in [0.4, 0.5) is 4.39 Å². The van der Waals surface area contributed by atoms with Gasteiger partial charge in [-0.05, 0) is 39.3 Å². The van der Waals surface area contributed by atoms with Gasteiger partial charge in [-0.1, -0.05) is 0 Å². The zero-order chi connectivity index (χ0) is 14.1. The monoisotopic (exact) mass is 285 g/mol. The van der Waals surface area contributed by atoms with E-state index < -0.39 is 0 Å². The molecule has 1 aromatic rings. The van der Waals surface area contributed by atoms with Crippen LogP contribution in [-0.4, -0.2) is 31.8 Å². The molecule has 0 aliphatic carbocycles. The molecule has 108 valence electrons. The molecule has 0 fully saturated rings. The first-order valence-electron chi connectivity index (χ1n) is 6.81. The number of halogens is 1. The first-order valence-corrected chi connectivity index (χ1v) is 7.63. The summed E-state index contributed by atoms with van der Waals surface area (Å²) >= 11 is 1.83. The van der Waals surface area contributed by atoms with Crippen molar-refractivity contribution in [2.45, 2.75) is 39.7 Å². The lowest BCUT2D eigenvalue weighted by Gasteiger charge is -2.17. The standard InChI is InChI=1S/C14H24FN3S/c1-4-16-14(17-9-5-8-15)18-11(2)10-13-7-6-12(3)19-13/h6-7,11H,4-5,8-10H2,1-3H3,(H2,16,17,18). The Labute approximate surface area is 119 Å². The first-order chi connectivity index (χ1) is 9.15. The summed E-state index contributed by atoms with van der Waals surface area (Å²) in [6.07, 6.45) is 1.46. The highest BCUT2D eigenvalue weighted by Crippen LogP contribution is 2.16. The number of guanidine groups is 1. The van der Waals surface area contributed by atoms with Crippen LogP contribution in [0.5, 0.6) is 0 Å². The average Bonchev–Trinajstić information content (AvgIpc) is 2.75. The third kappa shape index (κ3) is 6.57. The van der Waals surface area contributed by atoms with Crippen molar-refractivity contribution in [2.75, 3.05) is 19.8 Å². The molecule has 19 heavy (non-hydrogen) atoms. The van der Waals surface area contributed by atoms with E-state index in [1.54, 1.807) is 0 Å². The van der Waals surface area contributed by atoms with Crippen LogP contribution >= 0.6 is 11.3 Å². The van der Waals surface area contributed by atoms with Gasteiger partial charge >= 0.3 is 0 Å². The molecule has 0 saturated heterocycles. The van der Waals surface area contributed by atoms with E-state index in [0.717, 1.165) is 18.9 Å². The molecule has 0 aromatic carbocycles. The Hall–Kier alpha value is -1.10. The topological polar surface area (TPSA) is 36.4 Å². The lowest BCUT2D eigenvalue weighted by atomic mass is 10.2. The Kier molecular flexibility index (Phi) is 7.48. The molecule has 1 aromatic heterocycles. The number of hydrogen-bond donors (Lipinski definition) is 2. The van der Waals surface area contributed by atoms with Gasteiger partial charge in [0.05, 0.1) is 6.67 Å². The second kappa shape index (κ2) is 8.91. The third-order valence-corrected chi connectivity index (χ3v) is 3.62. The van der Waals surface area contributed by atoms with Crippen molar-refractivity contribution in [1.29, 1.82) is 0 Å². The summed E-state index contributed by atoms with van der Waals surface area (Å²) < 4.78 is 12.1. The summed E-state index contributed by atoms with van der Waals surface area (Å²) in [5.41, 5.74) is 0. The highest BCUT2D eigenvalue weighted by atomic mass is 32.1. The number of aryl methyl sites for hydroxylation is 1. The van der Waals surface area contributed by atoms with Crippen molar-refractivity contribution < 1.29 is 4.39 Å². The van der Waals surface area contributed by atoms with Crippen LogP contribution < -0.4 is 10.6 Å². The molecule has 1 unspecified atom stereocenters. The second-order valence-electron chi connectivity index (χ2n) is 4.57. The number of nitrogens with one attached hydrogen (secondary N) is 2. The van der Waals surface area contributed by atoms with E-state index in [2.05, 4.69) is 41.6 Å². The maximum atomic E-state index is 12.1. The molecular weight excluding hydrogens is 261 g/mol. The maximum absolute atomic E-state index is 12.1. The molecule has 0 amide bonds. The van der Waals surface area contributed by atoms with Crippen LogP contribution in [0.2, 0.25) is 0 Å². The number of aliphatic imine (C=N–C) groups is 1. The summed E-state index contributed by atoms with van der Waals surface area (Å²) in [6.45, 7) is 7.31. The summed E-state index contributed by atoms with van der Waals surface area (Å²) in [7, 11) is 0. The van der Waals surface area contributed by atoms with Crippen LogP contribution in [-0.2, 0) is 6.42 Å². The lowest BCUT2D eigenvalue weighted by molar-refractivity contribution is 0.477. The predicted octanol–water partition coefficient (Wildman–Crippen LogP) is 2.90. The largest absolute Gasteiger partial charge is 0.357 e. The van der Waals surface area contributed by atoms with Gasteiger partial charge < -0.3 is 10.6 Å². The Morgan fingerprint density at radius 2 is 2.26 bits per heavy atom. The summed E-state index contributed by atoms with van der Waals surface area (Å²) in [5, 5.41) is 6.54. The third-order valence-electron chi connectivity index (χ3n) is 2.59. The van der Waals surface area contributed by atoms with E-state index in [-0.39, 0.29) is 6.67 Å². The Morgan fingerprint density at radius 1 is 1.47 bits per heavy atom. The smallest absolute Gasteiger partial charge is 0.191 e. The van der Waals surface area contributed by atoms with Gasteiger partial charge in [-0.3, -0.25) is 9.38 Å². The van der Waals surface area contributed by atoms with Crippen molar-refractivity contribution in [3.05, 3.63) is 21.9 Å². The predicted molar refractivity (Wildman–Crippen MR) is 81.9 cm³/mol. The molecule has 0 bridgehead atoms. The molecule has 2 N–H and O–H groups in total. The number of thiophene rings is 1. The number of nitrogens with zero attached hydrogens (tertiary/aromatic N) is 1. The van der Waals surface area contributed by atoms with Gasteiger partial charge in [0.1, 0.15) is 0 Å². The van der Waals surface area contributed by atoms with Gasteiger partial charge in [-0.25, -0.2) is 0 Å². The lowest BCUT2D eigenvalue weighted by Crippen LogP contribution is -2.43. The molecule has 1 atom stereocenters. The molecule has 0 aliphatic rings. The number of hydrogen-bond acceptors (Lipinski definition) is 2. The van der Waals surface area contributed by atoms with Gasteiger partial charge in [0, 0.05) is 35.3 Å². The second-order valence-corrected chi connectivity index (χ2v) is 5.94. The minimum atomic E-state index is -0.313. The fraction of sp³-hybridized carbons (Fsp3) is 0.643. The fourth-order valence-corrected chi connectivity index (χ4v) is 2.77. The zero-order valence-electron chi connectivity index (χ0n) is 12.0. The summed E-state index contributed by atoms with van der Waals surface area (Å²) in [6, 6.07) is 4.62. The van der Waals surface area contributed by atoms with Gasteiger partial charge in [0.2, 0.25) is 0 Å². The SMILES string of the molecule is CCNC(=NCCCF)NC(C)Cc1ccc(C)s1. The Morgan fingerprint density at radius 3 is 2.84 bits per heavy atom. The van der Waals surface area contributed by atoms with Crippen LogP contribution in [0.25, 0.3) is 0 Å². The van der Waals surface area contributed by atoms with Gasteiger partial charge in [-0.2, -0.15) is 0 Å². The van der Waals surface area contributed by atoms with Crippen molar-refractivity contribution in [2.24, 2.45) is 4.99 Å². The van der Waals surface area contributed by atoms with E-state index in [4.69, 9.17) is 0 Å². The molecule has 0 saturated carbocycles. The molecule has 0 aliphatic heterocycles. The summed E-state index contributed by atoms with van der Waals surface area (Å²) in [5.74, 6) is 0.775. The highest BCUT2D eigenvalue weighted by molar-refractivity contribution is 7.11. The van der Waals surface area contributed by atoms with E-state index in [0.29, 0.717) is 19.0 Å². The molecule has 5 heteroatoms. The van der Waals surface area contributed by atoms with E-state index >= 15 is 0 Å². The van der Waals surface area contributed by atoms with E-state index in [9.17, 15) is 4.39 Å². The normalized spacial score (nSPS) is 13.4. The van der Waals surface area contributed by atoms with Crippen molar-refractivity contribution in [3.63, 3.8) is 0 Å². The van der Waals surface area contributed by atoms with Gasteiger partial charge in [0.15, 0.2) is 5.96 Å². The van der Waals surface area contributed by atoms with Crippen LogP contribution in [0.3, 0.4) is 0 Å². The molecule has 1 heterocycles. The highest BCUT2D eigenvalue weighted by Gasteiger charge is 2.07. The summed E-state index contributed by atoms with van der Waals surface area (Å²) in [4.78, 5) is 7.06. The number of rotatable bonds is 7. The molecular formula is C14H24FN3S. The van der Waals surface area contributed by atoms with Crippen LogP contribution in [0.15, 0.2) is 17.1 Å². The zero-order valence-corrected chi connectivity index (χ0v) is 12.8. The van der Waals surface area contributed by atoms with Crippen molar-refractivity contribution in [1.82, 2.24) is 10.6 Å². The maximum Gasteiger partial charge on any atom is 0.191 e. The Bertz CT molecular complexity index is 390. The van der Waals surface area contributed by atoms with E-state index in [1.165, 1.54) is 9.75 Å².